The van der Waals surface area contributed by atoms with Crippen molar-refractivity contribution < 1.29 is 9.53 Å². The third kappa shape index (κ3) is 2.30. The number of para-hydroxylation sites is 1. The molecule has 2 aliphatic rings. The van der Waals surface area contributed by atoms with E-state index < -0.39 is 0 Å². The molecule has 1 N–H and O–H groups in total. The summed E-state index contributed by atoms with van der Waals surface area (Å²) in [5, 5.41) is 0.547. The Morgan fingerprint density at radius 2 is 2.14 bits per heavy atom. The minimum Gasteiger partial charge on any atom is -0.457 e. The predicted molar refractivity (Wildman–Crippen MR) is 81.1 cm³/mol. The van der Waals surface area contributed by atoms with Crippen LogP contribution in [0, 0.1) is 17.8 Å². The van der Waals surface area contributed by atoms with Crippen LogP contribution in [-0.4, -0.2) is 15.9 Å². The fraction of sp³-hybridized carbons (Fsp3) is 0.471. The van der Waals surface area contributed by atoms with Gasteiger partial charge >= 0.3 is 5.97 Å². The van der Waals surface area contributed by atoms with Crippen molar-refractivity contribution in [3.05, 3.63) is 40.4 Å². The second kappa shape index (κ2) is 5.23. The summed E-state index contributed by atoms with van der Waals surface area (Å²) >= 11 is 0. The minimum absolute atomic E-state index is 0.0345. The summed E-state index contributed by atoms with van der Waals surface area (Å²) in [5.41, 5.74) is 0.425. The van der Waals surface area contributed by atoms with Crippen LogP contribution >= 0.6 is 0 Å². The Kier molecular flexibility index (Phi) is 3.21. The molecule has 22 heavy (non-hydrogen) atoms. The first-order valence-electron chi connectivity index (χ1n) is 7.85. The number of carbonyl (C=O) groups excluding carboxylic acids is 1. The second-order valence-corrected chi connectivity index (χ2v) is 6.42. The Morgan fingerprint density at radius 3 is 2.91 bits per heavy atom. The molecule has 0 radical (unpaired) electrons. The lowest BCUT2D eigenvalue weighted by molar-refractivity contribution is -0.152. The zero-order chi connectivity index (χ0) is 15.1. The zero-order valence-corrected chi connectivity index (χ0v) is 12.2. The highest BCUT2D eigenvalue weighted by molar-refractivity contribution is 5.77. The van der Waals surface area contributed by atoms with E-state index in [1.54, 1.807) is 18.2 Å². The van der Waals surface area contributed by atoms with Crippen LogP contribution in [-0.2, 0) is 16.1 Å². The van der Waals surface area contributed by atoms with Crippen molar-refractivity contribution in [3.63, 3.8) is 0 Å². The number of rotatable bonds is 3. The van der Waals surface area contributed by atoms with Crippen molar-refractivity contribution in [2.75, 3.05) is 0 Å². The molecule has 2 bridgehead atoms. The Bertz CT molecular complexity index is 783. The number of nitrogens with one attached hydrogen (secondary N) is 1. The van der Waals surface area contributed by atoms with Crippen molar-refractivity contribution >= 4 is 16.9 Å². The van der Waals surface area contributed by atoms with E-state index in [4.69, 9.17) is 4.74 Å². The van der Waals surface area contributed by atoms with Gasteiger partial charge in [0.05, 0.1) is 16.8 Å². The molecule has 1 aromatic carbocycles. The smallest absolute Gasteiger partial charge is 0.309 e. The highest BCUT2D eigenvalue weighted by Gasteiger charge is 2.43. The lowest BCUT2D eigenvalue weighted by atomic mass is 9.89. The number of nitrogens with zero attached hydrogens (tertiary/aromatic N) is 1. The number of aromatic amines is 1. The number of aromatic nitrogens is 2. The maximum absolute atomic E-state index is 12.2. The number of benzene rings is 1. The minimum atomic E-state index is -0.198. The lowest BCUT2D eigenvalue weighted by Crippen LogP contribution is -2.24. The fourth-order valence-electron chi connectivity index (χ4n) is 3.98. The molecule has 0 amide bonds. The SMILES string of the molecule is O=C(OCc1nc2ccccc2c(=O)[nH]1)C1CC2CCC1C2. The molecule has 1 heterocycles. The molecule has 3 atom stereocenters. The van der Waals surface area contributed by atoms with E-state index >= 15 is 0 Å². The van der Waals surface area contributed by atoms with E-state index in [1.165, 1.54) is 12.8 Å². The van der Waals surface area contributed by atoms with Gasteiger partial charge in [0.25, 0.3) is 5.56 Å². The van der Waals surface area contributed by atoms with E-state index in [0.29, 0.717) is 28.6 Å². The number of fused-ring (bicyclic) bond motifs is 3. The van der Waals surface area contributed by atoms with Crippen molar-refractivity contribution in [1.82, 2.24) is 9.97 Å². The van der Waals surface area contributed by atoms with E-state index in [2.05, 4.69) is 9.97 Å². The van der Waals surface area contributed by atoms with Gasteiger partial charge in [-0.25, -0.2) is 4.98 Å². The van der Waals surface area contributed by atoms with Crippen LogP contribution in [0.1, 0.15) is 31.5 Å². The van der Waals surface area contributed by atoms with Crippen molar-refractivity contribution in [3.8, 4) is 0 Å². The van der Waals surface area contributed by atoms with Gasteiger partial charge in [0.2, 0.25) is 0 Å². The van der Waals surface area contributed by atoms with E-state index in [0.717, 1.165) is 12.8 Å². The number of hydrogen-bond acceptors (Lipinski definition) is 4. The van der Waals surface area contributed by atoms with Gasteiger partial charge in [-0.1, -0.05) is 18.6 Å². The van der Waals surface area contributed by atoms with Crippen LogP contribution < -0.4 is 5.56 Å². The molecule has 2 aliphatic carbocycles. The lowest BCUT2D eigenvalue weighted by Gasteiger charge is -2.19. The van der Waals surface area contributed by atoms with Crippen LogP contribution in [0.3, 0.4) is 0 Å². The average molecular weight is 298 g/mol. The summed E-state index contributed by atoms with van der Waals surface area (Å²) < 4.78 is 5.40. The van der Waals surface area contributed by atoms with Crippen molar-refractivity contribution in [2.24, 2.45) is 17.8 Å². The normalized spacial score (nSPS) is 26.5. The van der Waals surface area contributed by atoms with Crippen molar-refractivity contribution in [1.29, 1.82) is 0 Å². The Morgan fingerprint density at radius 1 is 1.27 bits per heavy atom. The molecule has 3 unspecified atom stereocenters. The summed E-state index contributed by atoms with van der Waals surface area (Å²) in [6, 6.07) is 7.14. The molecule has 0 aliphatic heterocycles. The molecule has 2 saturated carbocycles. The average Bonchev–Trinajstić information content (AvgIpc) is 3.16. The molecular weight excluding hydrogens is 280 g/mol. The first kappa shape index (κ1) is 13.5. The van der Waals surface area contributed by atoms with Gasteiger partial charge in [-0.2, -0.15) is 0 Å². The second-order valence-electron chi connectivity index (χ2n) is 6.42. The highest BCUT2D eigenvalue weighted by Crippen LogP contribution is 2.48. The molecule has 5 nitrogen and oxygen atoms in total. The van der Waals surface area contributed by atoms with E-state index in [-0.39, 0.29) is 24.1 Å². The molecular formula is C17H18N2O3. The summed E-state index contributed by atoms with van der Waals surface area (Å²) in [6.07, 6.45) is 4.54. The van der Waals surface area contributed by atoms with Crippen LogP contribution in [0.4, 0.5) is 0 Å². The fourth-order valence-corrected chi connectivity index (χ4v) is 3.98. The highest BCUT2D eigenvalue weighted by atomic mass is 16.5. The monoisotopic (exact) mass is 298 g/mol. The number of esters is 1. The summed E-state index contributed by atoms with van der Waals surface area (Å²) in [6.45, 7) is 0.0345. The van der Waals surface area contributed by atoms with Gasteiger partial charge in [-0.15, -0.1) is 0 Å². The summed E-state index contributed by atoms with van der Waals surface area (Å²) in [4.78, 5) is 31.2. The Labute approximate surface area is 127 Å². The van der Waals surface area contributed by atoms with Crippen molar-refractivity contribution in [2.45, 2.75) is 32.3 Å². The van der Waals surface area contributed by atoms with E-state index in [9.17, 15) is 9.59 Å². The zero-order valence-electron chi connectivity index (χ0n) is 12.2. The van der Waals surface area contributed by atoms with Crippen LogP contribution in [0.15, 0.2) is 29.1 Å². The van der Waals surface area contributed by atoms with Gasteiger partial charge < -0.3 is 9.72 Å². The first-order valence-corrected chi connectivity index (χ1v) is 7.85. The van der Waals surface area contributed by atoms with E-state index in [1.807, 2.05) is 6.07 Å². The maximum atomic E-state index is 12.2. The van der Waals surface area contributed by atoms with Gasteiger partial charge in [0.1, 0.15) is 12.4 Å². The standard InChI is InChI=1S/C17H18N2O3/c20-16-12-3-1-2-4-14(12)18-15(19-16)9-22-17(21)13-8-10-5-6-11(13)7-10/h1-4,10-11,13H,5-9H2,(H,18,19,20). The topological polar surface area (TPSA) is 72.0 Å². The number of carbonyl (C=O) groups is 1. The van der Waals surface area contributed by atoms with Gasteiger partial charge in [-0.3, -0.25) is 9.59 Å². The van der Waals surface area contributed by atoms with Gasteiger partial charge in [0, 0.05) is 0 Å². The summed E-state index contributed by atoms with van der Waals surface area (Å²) in [7, 11) is 0. The molecule has 0 spiro atoms. The van der Waals surface area contributed by atoms with Gasteiger partial charge in [-0.05, 0) is 43.2 Å². The summed E-state index contributed by atoms with van der Waals surface area (Å²) in [5.74, 6) is 1.52. The quantitative estimate of drug-likeness (QED) is 0.883. The number of hydrogen-bond donors (Lipinski definition) is 1. The van der Waals surface area contributed by atoms with Crippen LogP contribution in [0.5, 0.6) is 0 Å². The molecule has 5 heteroatoms. The van der Waals surface area contributed by atoms with Crippen LogP contribution in [0.25, 0.3) is 10.9 Å². The molecule has 2 fully saturated rings. The van der Waals surface area contributed by atoms with Crippen LogP contribution in [0.2, 0.25) is 0 Å². The maximum Gasteiger partial charge on any atom is 0.309 e. The molecule has 1 aromatic heterocycles. The largest absolute Gasteiger partial charge is 0.457 e. The van der Waals surface area contributed by atoms with Gasteiger partial charge in [0.15, 0.2) is 0 Å². The third-order valence-corrected chi connectivity index (χ3v) is 5.05. The first-order chi connectivity index (χ1) is 10.7. The molecule has 114 valence electrons. The molecule has 0 saturated heterocycles. The Balaban J connectivity index is 1.47. The Hall–Kier alpha value is -2.17. The number of H-pyrrole nitrogens is 1. The predicted octanol–water partition coefficient (Wildman–Crippen LogP) is 2.40. The third-order valence-electron chi connectivity index (χ3n) is 5.05. The molecule has 2 aromatic rings. The number of ether oxygens (including phenoxy) is 1. The molecule has 4 rings (SSSR count).